The van der Waals surface area contributed by atoms with Gasteiger partial charge in [0, 0.05) is 26.2 Å². The largest absolute Gasteiger partial charge is 0.457 e. The van der Waals surface area contributed by atoms with Crippen LogP contribution in [0.25, 0.3) is 0 Å². The molecule has 0 radical (unpaired) electrons. The predicted octanol–water partition coefficient (Wildman–Crippen LogP) is 6.13. The van der Waals surface area contributed by atoms with E-state index in [0.717, 1.165) is 29.7 Å². The van der Waals surface area contributed by atoms with E-state index in [1.54, 1.807) is 0 Å². The molecule has 180 valence electrons. The highest BCUT2D eigenvalue weighted by Crippen LogP contribution is 2.57. The highest BCUT2D eigenvalue weighted by molar-refractivity contribution is 6.21. The first kappa shape index (κ1) is 22.9. The number of hydrogen-bond donors (Lipinski definition) is 0. The van der Waals surface area contributed by atoms with E-state index in [9.17, 15) is 9.59 Å². The van der Waals surface area contributed by atoms with Gasteiger partial charge in [0.2, 0.25) is 11.8 Å². The number of fused-ring (bicyclic) bond motifs is 2. The maximum atomic E-state index is 13.5. The van der Waals surface area contributed by atoms with Crippen molar-refractivity contribution in [3.63, 3.8) is 0 Å². The molecule has 6 atom stereocenters. The van der Waals surface area contributed by atoms with E-state index in [0.29, 0.717) is 35.6 Å². The summed E-state index contributed by atoms with van der Waals surface area (Å²) in [6.45, 7) is 4.57. The predicted molar refractivity (Wildman–Crippen MR) is 135 cm³/mol. The molecule has 2 aromatic carbocycles. The molecule has 2 aromatic rings. The Morgan fingerprint density at radius 3 is 2.15 bits per heavy atom. The van der Waals surface area contributed by atoms with Crippen LogP contribution in [0.15, 0.2) is 48.5 Å². The Kier molecular flexibility index (Phi) is 6.13. The second-order valence-electron chi connectivity index (χ2n) is 10.7. The number of carbonyl (C=O) groups is 2. The summed E-state index contributed by atoms with van der Waals surface area (Å²) in [5.41, 5.74) is 1.75. The van der Waals surface area contributed by atoms with Crippen LogP contribution in [0, 0.1) is 35.5 Å². The molecule has 2 amide bonds. The van der Waals surface area contributed by atoms with Gasteiger partial charge in [-0.1, -0.05) is 20.3 Å². The fourth-order valence-corrected chi connectivity index (χ4v) is 7.06. The van der Waals surface area contributed by atoms with Gasteiger partial charge in [-0.15, -0.1) is 0 Å². The van der Waals surface area contributed by atoms with Crippen molar-refractivity contribution in [1.82, 2.24) is 0 Å². The monoisotopic (exact) mass is 460 g/mol. The third-order valence-electron chi connectivity index (χ3n) is 8.76. The van der Waals surface area contributed by atoms with E-state index >= 15 is 0 Å². The van der Waals surface area contributed by atoms with Gasteiger partial charge in [-0.2, -0.15) is 0 Å². The summed E-state index contributed by atoms with van der Waals surface area (Å²) in [5.74, 6) is 4.27. The number of rotatable bonds is 7. The first-order valence-corrected chi connectivity index (χ1v) is 12.8. The van der Waals surface area contributed by atoms with Gasteiger partial charge in [-0.05, 0) is 97.4 Å². The van der Waals surface area contributed by atoms with Crippen LogP contribution in [0.5, 0.6) is 11.5 Å². The van der Waals surface area contributed by atoms with Crippen molar-refractivity contribution in [1.29, 1.82) is 0 Å². The number of anilines is 2. The van der Waals surface area contributed by atoms with Crippen LogP contribution >= 0.6 is 0 Å². The first-order valence-electron chi connectivity index (χ1n) is 12.8. The number of benzene rings is 2. The first-order chi connectivity index (χ1) is 16.4. The molecule has 2 aliphatic carbocycles. The molecule has 1 aliphatic heterocycles. The van der Waals surface area contributed by atoms with Crippen molar-refractivity contribution in [2.24, 2.45) is 35.5 Å². The quantitative estimate of drug-likeness (QED) is 0.466. The maximum Gasteiger partial charge on any atom is 0.237 e. The van der Waals surface area contributed by atoms with E-state index < -0.39 is 0 Å². The molecule has 5 heteroatoms. The van der Waals surface area contributed by atoms with Gasteiger partial charge < -0.3 is 9.64 Å². The van der Waals surface area contributed by atoms with Crippen LogP contribution < -0.4 is 14.5 Å². The number of ether oxygens (including phenoxy) is 1. The molecule has 34 heavy (non-hydrogen) atoms. The van der Waals surface area contributed by atoms with Crippen LogP contribution in [0.4, 0.5) is 11.4 Å². The Labute approximate surface area is 203 Å². The van der Waals surface area contributed by atoms with Crippen LogP contribution in [0.2, 0.25) is 0 Å². The lowest BCUT2D eigenvalue weighted by Gasteiger charge is -2.37. The summed E-state index contributed by atoms with van der Waals surface area (Å²) in [5, 5.41) is 0. The fourth-order valence-electron chi connectivity index (χ4n) is 7.06. The van der Waals surface area contributed by atoms with Gasteiger partial charge in [0.1, 0.15) is 11.5 Å². The average molecular weight is 461 g/mol. The van der Waals surface area contributed by atoms with Crippen LogP contribution in [-0.2, 0) is 9.59 Å². The van der Waals surface area contributed by atoms with Gasteiger partial charge in [0.25, 0.3) is 0 Å². The summed E-state index contributed by atoms with van der Waals surface area (Å²) < 4.78 is 5.96. The topological polar surface area (TPSA) is 49.9 Å². The molecule has 6 unspecified atom stereocenters. The summed E-state index contributed by atoms with van der Waals surface area (Å²) in [6, 6.07) is 15.2. The zero-order chi connectivity index (χ0) is 24.0. The third kappa shape index (κ3) is 3.99. The molecule has 0 aromatic heterocycles. The molecular weight excluding hydrogens is 424 g/mol. The van der Waals surface area contributed by atoms with E-state index in [4.69, 9.17) is 4.74 Å². The molecule has 0 N–H and O–H groups in total. The van der Waals surface area contributed by atoms with E-state index in [2.05, 4.69) is 13.8 Å². The minimum absolute atomic E-state index is 0.0141. The smallest absolute Gasteiger partial charge is 0.237 e. The minimum Gasteiger partial charge on any atom is -0.457 e. The Balaban J connectivity index is 1.29. The lowest BCUT2D eigenvalue weighted by molar-refractivity contribution is -0.123. The molecule has 1 saturated heterocycles. The average Bonchev–Trinajstić information content (AvgIpc) is 3.50. The standard InChI is InChI=1S/C29H36N2O3/c1-5-25(28-18(2)19-6-7-20(28)16-19)26-17-27(32)31(29(26)33)22-10-14-24(15-11-22)34-23-12-8-21(9-13-23)30(3)4/h8-15,18-20,25-26,28H,5-7,16-17H2,1-4H3. The summed E-state index contributed by atoms with van der Waals surface area (Å²) in [4.78, 5) is 30.0. The van der Waals surface area contributed by atoms with Crippen LogP contribution in [0.1, 0.15) is 46.0 Å². The zero-order valence-corrected chi connectivity index (χ0v) is 20.7. The molecule has 5 nitrogen and oxygen atoms in total. The number of hydrogen-bond acceptors (Lipinski definition) is 4. The van der Waals surface area contributed by atoms with Crippen molar-refractivity contribution in [2.45, 2.75) is 46.0 Å². The van der Waals surface area contributed by atoms with Gasteiger partial charge >= 0.3 is 0 Å². The molecule has 5 rings (SSSR count). The van der Waals surface area contributed by atoms with Gasteiger partial charge in [0.05, 0.1) is 11.6 Å². The Morgan fingerprint density at radius 1 is 0.971 bits per heavy atom. The minimum atomic E-state index is -0.185. The number of amides is 2. The highest BCUT2D eigenvalue weighted by atomic mass is 16.5. The van der Waals surface area contributed by atoms with Gasteiger partial charge in [0.15, 0.2) is 0 Å². The van der Waals surface area contributed by atoms with Crippen molar-refractivity contribution in [2.75, 3.05) is 23.9 Å². The van der Waals surface area contributed by atoms with Gasteiger partial charge in [-0.3, -0.25) is 14.5 Å². The summed E-state index contributed by atoms with van der Waals surface area (Å²) >= 11 is 0. The fraction of sp³-hybridized carbons (Fsp3) is 0.517. The lowest BCUT2D eigenvalue weighted by Crippen LogP contribution is -2.37. The van der Waals surface area contributed by atoms with E-state index in [-0.39, 0.29) is 17.7 Å². The second-order valence-corrected chi connectivity index (χ2v) is 10.7. The lowest BCUT2D eigenvalue weighted by atomic mass is 9.67. The normalized spacial score (nSPS) is 29.1. The maximum absolute atomic E-state index is 13.5. The number of imide groups is 1. The van der Waals surface area contributed by atoms with E-state index in [1.165, 1.54) is 24.2 Å². The highest BCUT2D eigenvalue weighted by Gasteiger charge is 2.53. The Bertz CT molecular complexity index is 1040. The van der Waals surface area contributed by atoms with Crippen molar-refractivity contribution >= 4 is 23.2 Å². The van der Waals surface area contributed by atoms with Crippen molar-refractivity contribution in [3.8, 4) is 11.5 Å². The zero-order valence-electron chi connectivity index (χ0n) is 20.7. The molecule has 2 saturated carbocycles. The Morgan fingerprint density at radius 2 is 1.59 bits per heavy atom. The molecule has 1 heterocycles. The Hall–Kier alpha value is -2.82. The van der Waals surface area contributed by atoms with Crippen molar-refractivity contribution in [3.05, 3.63) is 48.5 Å². The van der Waals surface area contributed by atoms with Crippen LogP contribution in [-0.4, -0.2) is 25.9 Å². The molecule has 0 spiro atoms. The summed E-state index contributed by atoms with van der Waals surface area (Å²) in [7, 11) is 4.00. The summed E-state index contributed by atoms with van der Waals surface area (Å²) in [6.07, 6.45) is 5.27. The number of carbonyl (C=O) groups excluding carboxylic acids is 2. The SMILES string of the molecule is CCC(C1CC(=O)N(c2ccc(Oc3ccc(N(C)C)cc3)cc2)C1=O)C1C2CCC(C2)C1C. The van der Waals surface area contributed by atoms with Crippen LogP contribution in [0.3, 0.4) is 0 Å². The van der Waals surface area contributed by atoms with Crippen molar-refractivity contribution < 1.29 is 14.3 Å². The molecule has 2 bridgehead atoms. The molecule has 3 fully saturated rings. The number of nitrogens with zero attached hydrogens (tertiary/aromatic N) is 2. The van der Waals surface area contributed by atoms with Gasteiger partial charge in [-0.25, -0.2) is 0 Å². The third-order valence-corrected chi connectivity index (χ3v) is 8.76. The molecule has 3 aliphatic rings. The molecular formula is C29H36N2O3. The van der Waals surface area contributed by atoms with E-state index in [1.807, 2.05) is 67.5 Å². The second kappa shape index (κ2) is 9.09.